The van der Waals surface area contributed by atoms with Crippen LogP contribution < -0.4 is 10.1 Å². The van der Waals surface area contributed by atoms with Crippen LogP contribution in [0.5, 0.6) is 5.75 Å². The molecule has 96 valence electrons. The van der Waals surface area contributed by atoms with Gasteiger partial charge in [0.15, 0.2) is 0 Å². The molecule has 0 aliphatic heterocycles. The first-order valence-electron chi connectivity index (χ1n) is 6.73. The molecule has 0 aromatic heterocycles. The Bertz CT molecular complexity index is 420. The van der Waals surface area contributed by atoms with Gasteiger partial charge in [0, 0.05) is 11.6 Å². The number of benzene rings is 1. The minimum atomic E-state index is 0.0569. The van der Waals surface area contributed by atoms with E-state index in [9.17, 15) is 4.79 Å². The monoisotopic (exact) mass is 245 g/mol. The second kappa shape index (κ2) is 4.63. The van der Waals surface area contributed by atoms with E-state index in [2.05, 4.69) is 5.32 Å². The Hall–Kier alpha value is -1.51. The zero-order chi connectivity index (χ0) is 12.5. The molecule has 0 bridgehead atoms. The molecule has 0 spiro atoms. The van der Waals surface area contributed by atoms with Crippen LogP contribution in [-0.2, 0) is 0 Å². The maximum atomic E-state index is 12.2. The maximum absolute atomic E-state index is 12.2. The molecule has 0 unspecified atom stereocenters. The van der Waals surface area contributed by atoms with Gasteiger partial charge in [-0.2, -0.15) is 0 Å². The van der Waals surface area contributed by atoms with E-state index in [0.717, 1.165) is 23.1 Å². The summed E-state index contributed by atoms with van der Waals surface area (Å²) in [6.45, 7) is 0. The van der Waals surface area contributed by atoms with E-state index in [-0.39, 0.29) is 5.91 Å². The van der Waals surface area contributed by atoms with E-state index < -0.39 is 0 Å². The molecule has 18 heavy (non-hydrogen) atoms. The maximum Gasteiger partial charge on any atom is 0.251 e. The summed E-state index contributed by atoms with van der Waals surface area (Å²) >= 11 is 0. The van der Waals surface area contributed by atoms with Gasteiger partial charge >= 0.3 is 0 Å². The second-order valence-electron chi connectivity index (χ2n) is 5.40. The highest BCUT2D eigenvalue weighted by molar-refractivity contribution is 5.94. The quantitative estimate of drug-likeness (QED) is 0.866. The van der Waals surface area contributed by atoms with Crippen LogP contribution >= 0.6 is 0 Å². The van der Waals surface area contributed by atoms with Crippen LogP contribution in [0.3, 0.4) is 0 Å². The number of rotatable bonds is 5. The van der Waals surface area contributed by atoms with E-state index in [4.69, 9.17) is 4.74 Å². The summed E-state index contributed by atoms with van der Waals surface area (Å²) in [4.78, 5) is 12.2. The van der Waals surface area contributed by atoms with Gasteiger partial charge in [0.1, 0.15) is 5.75 Å². The molecular weight excluding hydrogens is 226 g/mol. The second-order valence-corrected chi connectivity index (χ2v) is 5.40. The molecule has 3 nitrogen and oxygen atoms in total. The Balaban J connectivity index is 1.65. The average molecular weight is 245 g/mol. The van der Waals surface area contributed by atoms with Crippen LogP contribution in [0.2, 0.25) is 0 Å². The number of amides is 1. The van der Waals surface area contributed by atoms with Crippen LogP contribution in [0.15, 0.2) is 24.3 Å². The van der Waals surface area contributed by atoms with Crippen molar-refractivity contribution in [1.29, 1.82) is 0 Å². The number of hydrogen-bond acceptors (Lipinski definition) is 2. The van der Waals surface area contributed by atoms with Crippen molar-refractivity contribution in [2.45, 2.75) is 31.7 Å². The van der Waals surface area contributed by atoms with E-state index in [1.165, 1.54) is 25.7 Å². The zero-order valence-electron chi connectivity index (χ0n) is 10.7. The Morgan fingerprint density at radius 2 is 1.72 bits per heavy atom. The molecule has 0 saturated heterocycles. The molecule has 0 heterocycles. The number of carbonyl (C=O) groups excluding carboxylic acids is 1. The lowest BCUT2D eigenvalue weighted by Crippen LogP contribution is -2.38. The summed E-state index contributed by atoms with van der Waals surface area (Å²) in [5, 5.41) is 3.21. The van der Waals surface area contributed by atoms with Crippen molar-refractivity contribution in [2.75, 3.05) is 7.11 Å². The minimum absolute atomic E-state index is 0.0569. The number of carbonyl (C=O) groups is 1. The van der Waals surface area contributed by atoms with Gasteiger partial charge in [-0.3, -0.25) is 4.79 Å². The fraction of sp³-hybridized carbons (Fsp3) is 0.533. The molecule has 0 atom stereocenters. The largest absolute Gasteiger partial charge is 0.497 e. The zero-order valence-corrected chi connectivity index (χ0v) is 10.7. The molecule has 0 radical (unpaired) electrons. The summed E-state index contributed by atoms with van der Waals surface area (Å²) in [5.74, 6) is 2.31. The standard InChI is InChI=1S/C15H19NO2/c1-18-13-8-6-12(7-9-13)15(17)16-14(10-2-3-10)11-4-5-11/h6-11,14H,2-5H2,1H3,(H,16,17). The van der Waals surface area contributed by atoms with Crippen molar-refractivity contribution < 1.29 is 9.53 Å². The lowest BCUT2D eigenvalue weighted by molar-refractivity contribution is 0.0926. The first-order valence-corrected chi connectivity index (χ1v) is 6.73. The fourth-order valence-corrected chi connectivity index (χ4v) is 2.51. The number of methoxy groups -OCH3 is 1. The van der Waals surface area contributed by atoms with Crippen molar-refractivity contribution in [1.82, 2.24) is 5.32 Å². The summed E-state index contributed by atoms with van der Waals surface area (Å²) < 4.78 is 5.09. The first kappa shape index (κ1) is 11.6. The molecule has 2 aliphatic rings. The van der Waals surface area contributed by atoms with Gasteiger partial charge < -0.3 is 10.1 Å². The van der Waals surface area contributed by atoms with Crippen molar-refractivity contribution in [2.24, 2.45) is 11.8 Å². The highest BCUT2D eigenvalue weighted by atomic mass is 16.5. The van der Waals surface area contributed by atoms with Gasteiger partial charge in [0.25, 0.3) is 5.91 Å². The van der Waals surface area contributed by atoms with Crippen LogP contribution in [-0.4, -0.2) is 19.1 Å². The van der Waals surface area contributed by atoms with Crippen molar-refractivity contribution >= 4 is 5.91 Å². The molecule has 1 amide bonds. The van der Waals surface area contributed by atoms with Gasteiger partial charge in [-0.1, -0.05) is 0 Å². The van der Waals surface area contributed by atoms with Crippen LogP contribution in [0.1, 0.15) is 36.0 Å². The van der Waals surface area contributed by atoms with E-state index in [1.807, 2.05) is 24.3 Å². The third-order valence-electron chi connectivity index (χ3n) is 3.91. The average Bonchev–Trinajstić information content (AvgIpc) is 3.29. The Morgan fingerprint density at radius 1 is 1.17 bits per heavy atom. The SMILES string of the molecule is COc1ccc(C(=O)NC(C2CC2)C2CC2)cc1. The predicted octanol–water partition coefficient (Wildman–Crippen LogP) is 2.61. The van der Waals surface area contributed by atoms with Gasteiger partial charge in [0.2, 0.25) is 0 Å². The first-order chi connectivity index (χ1) is 8.78. The molecule has 2 aliphatic carbocycles. The van der Waals surface area contributed by atoms with Gasteiger partial charge in [-0.15, -0.1) is 0 Å². The van der Waals surface area contributed by atoms with Crippen molar-refractivity contribution in [3.8, 4) is 5.75 Å². The van der Waals surface area contributed by atoms with Gasteiger partial charge in [-0.25, -0.2) is 0 Å². The third-order valence-corrected chi connectivity index (χ3v) is 3.91. The smallest absolute Gasteiger partial charge is 0.251 e. The predicted molar refractivity (Wildman–Crippen MR) is 69.7 cm³/mol. The topological polar surface area (TPSA) is 38.3 Å². The molecule has 3 heteroatoms. The highest BCUT2D eigenvalue weighted by Crippen LogP contribution is 2.44. The van der Waals surface area contributed by atoms with E-state index >= 15 is 0 Å². The van der Waals surface area contributed by atoms with Crippen LogP contribution in [0.4, 0.5) is 0 Å². The minimum Gasteiger partial charge on any atom is -0.497 e. The molecule has 1 aromatic carbocycles. The lowest BCUT2D eigenvalue weighted by Gasteiger charge is -2.17. The summed E-state index contributed by atoms with van der Waals surface area (Å²) in [6.07, 6.45) is 5.13. The van der Waals surface area contributed by atoms with Crippen LogP contribution in [0, 0.1) is 11.8 Å². The number of hydrogen-bond donors (Lipinski definition) is 1. The van der Waals surface area contributed by atoms with E-state index in [0.29, 0.717) is 6.04 Å². The van der Waals surface area contributed by atoms with Crippen LogP contribution in [0.25, 0.3) is 0 Å². The molecule has 3 rings (SSSR count). The molecule has 1 aromatic rings. The molecule has 2 saturated carbocycles. The van der Waals surface area contributed by atoms with E-state index in [1.54, 1.807) is 7.11 Å². The Labute approximate surface area is 108 Å². The van der Waals surface area contributed by atoms with Crippen molar-refractivity contribution in [3.05, 3.63) is 29.8 Å². The van der Waals surface area contributed by atoms with Crippen molar-refractivity contribution in [3.63, 3.8) is 0 Å². The summed E-state index contributed by atoms with van der Waals surface area (Å²) in [7, 11) is 1.63. The Kier molecular flexibility index (Phi) is 2.98. The molecule has 2 fully saturated rings. The normalized spacial score (nSPS) is 18.8. The number of ether oxygens (including phenoxy) is 1. The highest BCUT2D eigenvalue weighted by Gasteiger charge is 2.42. The summed E-state index contributed by atoms with van der Waals surface area (Å²) in [5.41, 5.74) is 0.724. The third kappa shape index (κ3) is 2.50. The Morgan fingerprint density at radius 3 is 2.17 bits per heavy atom. The van der Waals surface area contributed by atoms with Gasteiger partial charge in [0.05, 0.1) is 7.11 Å². The fourth-order valence-electron chi connectivity index (χ4n) is 2.51. The summed E-state index contributed by atoms with van der Waals surface area (Å²) in [6, 6.07) is 7.73. The lowest BCUT2D eigenvalue weighted by atomic mass is 10.1. The number of nitrogens with one attached hydrogen (secondary N) is 1. The molecule has 1 N–H and O–H groups in total. The van der Waals surface area contributed by atoms with Gasteiger partial charge in [-0.05, 0) is 61.8 Å². The molecular formula is C15H19NO2.